The summed E-state index contributed by atoms with van der Waals surface area (Å²) in [5, 5.41) is 0. The summed E-state index contributed by atoms with van der Waals surface area (Å²) in [6.45, 7) is 2.61. The van der Waals surface area contributed by atoms with Gasteiger partial charge in [0.2, 0.25) is 5.91 Å². The van der Waals surface area contributed by atoms with Gasteiger partial charge in [-0.2, -0.15) is 0 Å². The zero-order chi connectivity index (χ0) is 19.8. The minimum atomic E-state index is -0.0564. The summed E-state index contributed by atoms with van der Waals surface area (Å²) < 4.78 is 15.9. The molecule has 0 spiro atoms. The van der Waals surface area contributed by atoms with Gasteiger partial charge in [-0.3, -0.25) is 4.79 Å². The summed E-state index contributed by atoms with van der Waals surface area (Å²) in [7, 11) is 6.64. The van der Waals surface area contributed by atoms with Crippen molar-refractivity contribution in [1.82, 2.24) is 4.90 Å². The third kappa shape index (κ3) is 5.51. The number of rotatable bonds is 8. The molecule has 0 atom stereocenters. The Hall–Kier alpha value is -2.95. The first-order valence-corrected chi connectivity index (χ1v) is 8.77. The second kappa shape index (κ2) is 9.67. The van der Waals surface area contributed by atoms with Gasteiger partial charge in [0.15, 0.2) is 11.5 Å². The van der Waals surface area contributed by atoms with E-state index < -0.39 is 0 Å². The molecule has 5 heteroatoms. The average Bonchev–Trinajstić information content (AvgIpc) is 2.69. The fourth-order valence-electron chi connectivity index (χ4n) is 2.72. The van der Waals surface area contributed by atoms with Gasteiger partial charge in [-0.15, -0.1) is 0 Å². The molecule has 0 heterocycles. The molecule has 0 N–H and O–H groups in total. The summed E-state index contributed by atoms with van der Waals surface area (Å²) in [6.07, 6.45) is 4.09. The number of carbonyl (C=O) groups is 1. The lowest BCUT2D eigenvalue weighted by Crippen LogP contribution is -2.27. The predicted octanol–water partition coefficient (Wildman–Crippen LogP) is 3.74. The van der Waals surface area contributed by atoms with Gasteiger partial charge in [0.05, 0.1) is 21.3 Å². The quantitative estimate of drug-likeness (QED) is 0.665. The van der Waals surface area contributed by atoms with Gasteiger partial charge in [0.1, 0.15) is 5.75 Å². The van der Waals surface area contributed by atoms with E-state index in [4.69, 9.17) is 14.2 Å². The molecule has 2 rings (SSSR count). The molecule has 0 aliphatic rings. The topological polar surface area (TPSA) is 48.0 Å². The number of methoxy groups -OCH3 is 3. The van der Waals surface area contributed by atoms with E-state index in [1.165, 1.54) is 0 Å². The number of carbonyl (C=O) groups excluding carboxylic acids is 1. The van der Waals surface area contributed by atoms with E-state index in [0.717, 1.165) is 28.9 Å². The second-order valence-electron chi connectivity index (χ2n) is 6.28. The Morgan fingerprint density at radius 1 is 0.963 bits per heavy atom. The van der Waals surface area contributed by atoms with Crippen LogP contribution in [0.25, 0.3) is 6.08 Å². The highest BCUT2D eigenvalue weighted by atomic mass is 16.5. The zero-order valence-corrected chi connectivity index (χ0v) is 16.6. The van der Waals surface area contributed by atoms with E-state index in [-0.39, 0.29) is 5.91 Å². The first-order valence-electron chi connectivity index (χ1n) is 8.77. The molecule has 0 saturated carbocycles. The monoisotopic (exact) mass is 369 g/mol. The lowest BCUT2D eigenvalue weighted by Gasteiger charge is -2.16. The van der Waals surface area contributed by atoms with Crippen molar-refractivity contribution in [2.45, 2.75) is 13.3 Å². The van der Waals surface area contributed by atoms with Crippen molar-refractivity contribution in [3.8, 4) is 17.2 Å². The maximum Gasteiger partial charge on any atom is 0.246 e. The van der Waals surface area contributed by atoms with Gasteiger partial charge < -0.3 is 19.1 Å². The third-order valence-corrected chi connectivity index (χ3v) is 4.35. The summed E-state index contributed by atoms with van der Waals surface area (Å²) in [5.74, 6) is 2.08. The van der Waals surface area contributed by atoms with Crippen molar-refractivity contribution in [1.29, 1.82) is 0 Å². The summed E-state index contributed by atoms with van der Waals surface area (Å²) in [6, 6.07) is 11.7. The van der Waals surface area contributed by atoms with Crippen molar-refractivity contribution in [3.05, 3.63) is 59.2 Å². The molecule has 0 aliphatic heterocycles. The summed E-state index contributed by atoms with van der Waals surface area (Å²) >= 11 is 0. The van der Waals surface area contributed by atoms with Crippen LogP contribution in [0.2, 0.25) is 0 Å². The number of hydrogen-bond donors (Lipinski definition) is 0. The van der Waals surface area contributed by atoms with Crippen LogP contribution in [0.4, 0.5) is 0 Å². The van der Waals surface area contributed by atoms with Gasteiger partial charge in [-0.25, -0.2) is 0 Å². The molecule has 0 radical (unpaired) electrons. The van der Waals surface area contributed by atoms with E-state index in [2.05, 4.69) is 0 Å². The molecule has 27 heavy (non-hydrogen) atoms. The summed E-state index contributed by atoms with van der Waals surface area (Å²) in [5.41, 5.74) is 3.08. The lowest BCUT2D eigenvalue weighted by atomic mass is 10.1. The fraction of sp³-hybridized carbons (Fsp3) is 0.318. The molecule has 144 valence electrons. The van der Waals surface area contributed by atoms with Crippen LogP contribution in [0.5, 0.6) is 17.2 Å². The number of hydrogen-bond acceptors (Lipinski definition) is 4. The molecule has 0 fully saturated rings. The Morgan fingerprint density at radius 3 is 2.30 bits per heavy atom. The molecule has 0 saturated heterocycles. The second-order valence-corrected chi connectivity index (χ2v) is 6.28. The maximum absolute atomic E-state index is 12.4. The van der Waals surface area contributed by atoms with Crippen LogP contribution in [0.3, 0.4) is 0 Å². The fourth-order valence-corrected chi connectivity index (χ4v) is 2.72. The minimum absolute atomic E-state index is 0.0564. The number of benzene rings is 2. The van der Waals surface area contributed by atoms with Gasteiger partial charge in [0, 0.05) is 25.2 Å². The van der Waals surface area contributed by atoms with Crippen molar-refractivity contribution in [3.63, 3.8) is 0 Å². The van der Waals surface area contributed by atoms with Gasteiger partial charge in [-0.05, 0) is 49.2 Å². The lowest BCUT2D eigenvalue weighted by molar-refractivity contribution is -0.124. The molecule has 5 nitrogen and oxygen atoms in total. The summed E-state index contributed by atoms with van der Waals surface area (Å²) in [4.78, 5) is 14.1. The van der Waals surface area contributed by atoms with Crippen LogP contribution >= 0.6 is 0 Å². The average molecular weight is 369 g/mol. The molecular weight excluding hydrogens is 342 g/mol. The highest BCUT2D eigenvalue weighted by Crippen LogP contribution is 2.27. The van der Waals surface area contributed by atoms with Gasteiger partial charge >= 0.3 is 0 Å². The molecule has 1 amide bonds. The van der Waals surface area contributed by atoms with Crippen LogP contribution in [0.15, 0.2) is 42.5 Å². The van der Waals surface area contributed by atoms with Crippen molar-refractivity contribution < 1.29 is 19.0 Å². The van der Waals surface area contributed by atoms with Gasteiger partial charge in [-0.1, -0.05) is 17.7 Å². The number of ether oxygens (including phenoxy) is 3. The highest BCUT2D eigenvalue weighted by Gasteiger charge is 2.09. The largest absolute Gasteiger partial charge is 0.496 e. The Labute approximate surface area is 161 Å². The van der Waals surface area contributed by atoms with E-state index >= 15 is 0 Å². The Bertz CT molecular complexity index is 814. The number of likely N-dealkylation sites (N-methyl/N-ethyl adjacent to an activating group) is 1. The van der Waals surface area contributed by atoms with Gasteiger partial charge in [0.25, 0.3) is 0 Å². The number of nitrogens with zero attached hydrogens (tertiary/aromatic N) is 1. The maximum atomic E-state index is 12.4. The van der Waals surface area contributed by atoms with E-state index in [0.29, 0.717) is 18.0 Å². The smallest absolute Gasteiger partial charge is 0.246 e. The molecule has 0 aromatic heterocycles. The standard InChI is InChI=1S/C22H27NO4/c1-16-6-9-19(25-3)18(14-16)8-11-22(24)23(2)13-12-17-7-10-20(26-4)21(15-17)27-5/h6-11,14-15H,12-13H2,1-5H3/b11-8+. The molecule has 0 aliphatic carbocycles. The van der Waals surface area contributed by atoms with Crippen molar-refractivity contribution in [2.75, 3.05) is 34.9 Å². The predicted molar refractivity (Wildman–Crippen MR) is 108 cm³/mol. The van der Waals surface area contributed by atoms with Crippen LogP contribution in [0, 0.1) is 6.92 Å². The number of amides is 1. The zero-order valence-electron chi connectivity index (χ0n) is 16.6. The molecule has 2 aromatic carbocycles. The molecule has 0 bridgehead atoms. The SMILES string of the molecule is COc1ccc(C)cc1/C=C/C(=O)N(C)CCc1ccc(OC)c(OC)c1. The van der Waals surface area contributed by atoms with Crippen LogP contribution in [-0.4, -0.2) is 45.7 Å². The first-order chi connectivity index (χ1) is 13.0. The Morgan fingerprint density at radius 2 is 1.63 bits per heavy atom. The molecular formula is C22H27NO4. The van der Waals surface area contributed by atoms with Crippen LogP contribution in [0.1, 0.15) is 16.7 Å². The Kier molecular flexibility index (Phi) is 7.29. The molecule has 0 unspecified atom stereocenters. The Balaban J connectivity index is 1.99. The van der Waals surface area contributed by atoms with Crippen LogP contribution in [-0.2, 0) is 11.2 Å². The number of aryl methyl sites for hydroxylation is 1. The van der Waals surface area contributed by atoms with E-state index in [9.17, 15) is 4.79 Å². The molecule has 2 aromatic rings. The van der Waals surface area contributed by atoms with Crippen LogP contribution < -0.4 is 14.2 Å². The van der Waals surface area contributed by atoms with Crippen molar-refractivity contribution >= 4 is 12.0 Å². The normalized spacial score (nSPS) is 10.7. The van der Waals surface area contributed by atoms with Crippen molar-refractivity contribution in [2.24, 2.45) is 0 Å². The minimum Gasteiger partial charge on any atom is -0.496 e. The third-order valence-electron chi connectivity index (χ3n) is 4.35. The van der Waals surface area contributed by atoms with E-state index in [1.807, 2.05) is 43.3 Å². The highest BCUT2D eigenvalue weighted by molar-refractivity contribution is 5.92. The van der Waals surface area contributed by atoms with E-state index in [1.54, 1.807) is 45.4 Å². The first kappa shape index (κ1) is 20.4.